The maximum absolute atomic E-state index is 12.0. The van der Waals surface area contributed by atoms with E-state index in [1.165, 1.54) is 6.07 Å². The van der Waals surface area contributed by atoms with E-state index in [0.29, 0.717) is 32.1 Å². The number of carbonyl (C=O) groups excluding carboxylic acids is 1. The lowest BCUT2D eigenvalue weighted by atomic mass is 10.1. The number of hydrogen-bond acceptors (Lipinski definition) is 5. The molecule has 2 aromatic rings. The summed E-state index contributed by atoms with van der Waals surface area (Å²) in [6.07, 6.45) is -0.150. The van der Waals surface area contributed by atoms with E-state index in [4.69, 9.17) is 9.47 Å². The molecule has 1 amide bonds. The molecule has 0 spiro atoms. The van der Waals surface area contributed by atoms with Gasteiger partial charge in [-0.3, -0.25) is 9.59 Å². The summed E-state index contributed by atoms with van der Waals surface area (Å²) in [5, 5.41) is 7.01. The van der Waals surface area contributed by atoms with Gasteiger partial charge in [0.15, 0.2) is 0 Å². The minimum absolute atomic E-state index is 0.132. The number of amides is 1. The first kappa shape index (κ1) is 16.4. The number of aromatic nitrogens is 2. The van der Waals surface area contributed by atoms with Crippen molar-refractivity contribution in [2.45, 2.75) is 12.6 Å². The van der Waals surface area contributed by atoms with Gasteiger partial charge in [-0.15, -0.1) is 0 Å². The van der Waals surface area contributed by atoms with Crippen molar-refractivity contribution in [2.75, 3.05) is 26.4 Å². The molecular formula is C17H19N3O4. The molecule has 3 rings (SSSR count). The monoisotopic (exact) mass is 329 g/mol. The van der Waals surface area contributed by atoms with E-state index >= 15 is 0 Å². The molecule has 1 aliphatic rings. The largest absolute Gasteiger partial charge is 0.376 e. The normalized spacial score (nSPS) is 17.4. The molecule has 1 fully saturated rings. The third kappa shape index (κ3) is 4.27. The lowest BCUT2D eigenvalue weighted by Gasteiger charge is -2.23. The van der Waals surface area contributed by atoms with Crippen LogP contribution in [0.25, 0.3) is 11.3 Å². The number of rotatable bonds is 5. The Morgan fingerprint density at radius 3 is 2.79 bits per heavy atom. The molecule has 7 heteroatoms. The fraction of sp³-hybridized carbons (Fsp3) is 0.353. The van der Waals surface area contributed by atoms with Crippen molar-refractivity contribution < 1.29 is 14.3 Å². The van der Waals surface area contributed by atoms with Crippen LogP contribution in [0.15, 0.2) is 47.3 Å². The van der Waals surface area contributed by atoms with Gasteiger partial charge in [-0.25, -0.2) is 4.68 Å². The molecule has 1 aliphatic heterocycles. The summed E-state index contributed by atoms with van der Waals surface area (Å²) in [6.45, 7) is 1.79. The molecule has 126 valence electrons. The Bertz CT molecular complexity index is 739. The topological polar surface area (TPSA) is 82.5 Å². The predicted molar refractivity (Wildman–Crippen MR) is 87.5 cm³/mol. The molecule has 1 N–H and O–H groups in total. The average molecular weight is 329 g/mol. The SMILES string of the molecule is O=C(Cn1nc(-c2ccccc2)ccc1=O)NC[C@@H]1COCCO1. The molecule has 1 aromatic carbocycles. The van der Waals surface area contributed by atoms with Crippen molar-refractivity contribution in [2.24, 2.45) is 0 Å². The molecule has 0 aliphatic carbocycles. The highest BCUT2D eigenvalue weighted by atomic mass is 16.6. The first-order valence-corrected chi connectivity index (χ1v) is 7.82. The lowest BCUT2D eigenvalue weighted by Crippen LogP contribution is -2.41. The Balaban J connectivity index is 1.63. The molecule has 1 atom stereocenters. The number of nitrogens with one attached hydrogen (secondary N) is 1. The van der Waals surface area contributed by atoms with Crippen molar-refractivity contribution in [3.63, 3.8) is 0 Å². The molecule has 2 heterocycles. The van der Waals surface area contributed by atoms with Gasteiger partial charge in [-0.1, -0.05) is 30.3 Å². The Morgan fingerprint density at radius 1 is 1.21 bits per heavy atom. The summed E-state index contributed by atoms with van der Waals surface area (Å²) in [5.41, 5.74) is 1.22. The minimum Gasteiger partial charge on any atom is -0.376 e. The van der Waals surface area contributed by atoms with Crippen LogP contribution in [-0.4, -0.2) is 48.2 Å². The first-order chi connectivity index (χ1) is 11.7. The Labute approximate surface area is 139 Å². The molecule has 0 radical (unpaired) electrons. The van der Waals surface area contributed by atoms with Crippen LogP contribution >= 0.6 is 0 Å². The van der Waals surface area contributed by atoms with Gasteiger partial charge in [-0.2, -0.15) is 5.10 Å². The molecule has 1 aromatic heterocycles. The van der Waals surface area contributed by atoms with Crippen LogP contribution in [-0.2, 0) is 20.8 Å². The van der Waals surface area contributed by atoms with Gasteiger partial charge in [0, 0.05) is 18.2 Å². The van der Waals surface area contributed by atoms with Crippen molar-refractivity contribution in [1.82, 2.24) is 15.1 Å². The van der Waals surface area contributed by atoms with Gasteiger partial charge in [0.25, 0.3) is 5.56 Å². The highest BCUT2D eigenvalue weighted by Gasteiger charge is 2.15. The lowest BCUT2D eigenvalue weighted by molar-refractivity contribution is -0.124. The summed E-state index contributed by atoms with van der Waals surface area (Å²) in [7, 11) is 0. The third-order valence-corrected chi connectivity index (χ3v) is 3.64. The minimum atomic E-state index is -0.318. The highest BCUT2D eigenvalue weighted by Crippen LogP contribution is 2.13. The number of ether oxygens (including phenoxy) is 2. The molecule has 0 unspecified atom stereocenters. The average Bonchev–Trinajstić information content (AvgIpc) is 2.63. The van der Waals surface area contributed by atoms with Gasteiger partial charge in [-0.05, 0) is 6.07 Å². The first-order valence-electron chi connectivity index (χ1n) is 7.82. The zero-order valence-corrected chi connectivity index (χ0v) is 13.2. The molecule has 0 saturated carbocycles. The Morgan fingerprint density at radius 2 is 2.04 bits per heavy atom. The predicted octanol–water partition coefficient (Wildman–Crippen LogP) is 0.442. The van der Waals surface area contributed by atoms with Gasteiger partial charge in [0.1, 0.15) is 6.54 Å². The maximum Gasteiger partial charge on any atom is 0.267 e. The standard InChI is InChI=1S/C17H19N3O4/c21-16(18-10-14-12-23-8-9-24-14)11-20-17(22)7-6-15(19-20)13-4-2-1-3-5-13/h1-7,14H,8-12H2,(H,18,21)/t14-/m1/s1. The number of nitrogens with zero attached hydrogens (tertiary/aromatic N) is 2. The molecule has 0 bridgehead atoms. The second-order valence-electron chi connectivity index (χ2n) is 5.45. The number of carbonyl (C=O) groups is 1. The van der Waals surface area contributed by atoms with Crippen LogP contribution in [0.5, 0.6) is 0 Å². The number of hydrogen-bond donors (Lipinski definition) is 1. The zero-order valence-electron chi connectivity index (χ0n) is 13.2. The van der Waals surface area contributed by atoms with E-state index in [2.05, 4.69) is 10.4 Å². The van der Waals surface area contributed by atoms with E-state index in [0.717, 1.165) is 10.2 Å². The number of benzene rings is 1. The summed E-state index contributed by atoms with van der Waals surface area (Å²) < 4.78 is 11.9. The van der Waals surface area contributed by atoms with E-state index < -0.39 is 0 Å². The van der Waals surface area contributed by atoms with Gasteiger partial charge in [0.05, 0.1) is 31.6 Å². The summed E-state index contributed by atoms with van der Waals surface area (Å²) in [5.74, 6) is -0.288. The van der Waals surface area contributed by atoms with Crippen molar-refractivity contribution in [3.8, 4) is 11.3 Å². The van der Waals surface area contributed by atoms with Crippen LogP contribution in [0.1, 0.15) is 0 Å². The smallest absolute Gasteiger partial charge is 0.267 e. The van der Waals surface area contributed by atoms with Crippen molar-refractivity contribution in [1.29, 1.82) is 0 Å². The molecule has 1 saturated heterocycles. The zero-order chi connectivity index (χ0) is 16.8. The quantitative estimate of drug-likeness (QED) is 0.861. The summed E-state index contributed by atoms with van der Waals surface area (Å²) >= 11 is 0. The van der Waals surface area contributed by atoms with Gasteiger partial charge >= 0.3 is 0 Å². The van der Waals surface area contributed by atoms with E-state index in [9.17, 15) is 9.59 Å². The van der Waals surface area contributed by atoms with Crippen molar-refractivity contribution in [3.05, 3.63) is 52.8 Å². The van der Waals surface area contributed by atoms with Crippen LogP contribution < -0.4 is 10.9 Å². The second-order valence-corrected chi connectivity index (χ2v) is 5.45. The Hall–Kier alpha value is -2.51. The maximum atomic E-state index is 12.0. The summed E-state index contributed by atoms with van der Waals surface area (Å²) in [6, 6.07) is 12.6. The summed E-state index contributed by atoms with van der Waals surface area (Å²) in [4.78, 5) is 24.0. The van der Waals surface area contributed by atoms with Crippen LogP contribution in [0.2, 0.25) is 0 Å². The fourth-order valence-corrected chi connectivity index (χ4v) is 2.40. The highest BCUT2D eigenvalue weighted by molar-refractivity contribution is 5.75. The fourth-order valence-electron chi connectivity index (χ4n) is 2.40. The van der Waals surface area contributed by atoms with E-state index in [1.54, 1.807) is 6.07 Å². The Kier molecular flexibility index (Phi) is 5.35. The van der Waals surface area contributed by atoms with Crippen molar-refractivity contribution >= 4 is 5.91 Å². The van der Waals surface area contributed by atoms with E-state index in [1.807, 2.05) is 30.3 Å². The van der Waals surface area contributed by atoms with Gasteiger partial charge in [0.2, 0.25) is 5.91 Å². The molecular weight excluding hydrogens is 310 g/mol. The van der Waals surface area contributed by atoms with Crippen LogP contribution in [0.3, 0.4) is 0 Å². The molecule has 24 heavy (non-hydrogen) atoms. The van der Waals surface area contributed by atoms with Crippen LogP contribution in [0.4, 0.5) is 0 Å². The van der Waals surface area contributed by atoms with Gasteiger partial charge < -0.3 is 14.8 Å². The molecule has 7 nitrogen and oxygen atoms in total. The third-order valence-electron chi connectivity index (χ3n) is 3.64. The second kappa shape index (κ2) is 7.85. The van der Waals surface area contributed by atoms with E-state index in [-0.39, 0.29) is 24.1 Å². The van der Waals surface area contributed by atoms with Crippen LogP contribution in [0, 0.1) is 0 Å².